The highest BCUT2D eigenvalue weighted by atomic mass is 16.5. The molecule has 0 radical (unpaired) electrons. The number of aliphatic imine (C=N–C) groups is 1. The lowest BCUT2D eigenvalue weighted by Crippen LogP contribution is -2.42. The Hall–Kier alpha value is -2.24. The van der Waals surface area contributed by atoms with E-state index in [1.165, 1.54) is 12.0 Å². The Morgan fingerprint density at radius 1 is 1.37 bits per heavy atom. The number of aryl methyl sites for hydroxylation is 1. The third-order valence-corrected chi connectivity index (χ3v) is 4.83. The number of carbonyl (C=O) groups excluding carboxylic acids is 1. The van der Waals surface area contributed by atoms with E-state index >= 15 is 0 Å². The fourth-order valence-corrected chi connectivity index (χ4v) is 3.36. The van der Waals surface area contributed by atoms with Crippen molar-refractivity contribution in [3.63, 3.8) is 0 Å². The molecule has 6 heteroatoms. The van der Waals surface area contributed by atoms with E-state index in [4.69, 9.17) is 4.74 Å². The highest BCUT2D eigenvalue weighted by Crippen LogP contribution is 2.20. The molecule has 27 heavy (non-hydrogen) atoms. The maximum Gasteiger partial charge on any atom is 0.224 e. The van der Waals surface area contributed by atoms with Crippen molar-refractivity contribution < 1.29 is 9.53 Å². The number of amides is 1. The number of hydrogen-bond donors (Lipinski definition) is 2. The molecule has 1 amide bonds. The number of ether oxygens (including phenoxy) is 1. The van der Waals surface area contributed by atoms with Crippen LogP contribution in [0.2, 0.25) is 0 Å². The molecule has 0 spiro atoms. The number of nitrogens with zero attached hydrogens (tertiary/aromatic N) is 2. The van der Waals surface area contributed by atoms with Gasteiger partial charge in [0.05, 0.1) is 6.61 Å². The number of rotatable bonds is 7. The van der Waals surface area contributed by atoms with Gasteiger partial charge in [0, 0.05) is 45.2 Å². The summed E-state index contributed by atoms with van der Waals surface area (Å²) in [6.45, 7) is 9.87. The van der Waals surface area contributed by atoms with E-state index in [9.17, 15) is 4.79 Å². The molecule has 1 aliphatic heterocycles. The van der Waals surface area contributed by atoms with E-state index in [0.717, 1.165) is 30.8 Å². The summed E-state index contributed by atoms with van der Waals surface area (Å²) in [4.78, 5) is 18.6. The molecule has 1 fully saturated rings. The minimum absolute atomic E-state index is 0.224. The number of guanidine groups is 1. The van der Waals surface area contributed by atoms with Gasteiger partial charge in [-0.2, -0.15) is 0 Å². The van der Waals surface area contributed by atoms with Crippen LogP contribution in [0.3, 0.4) is 0 Å². The quantitative estimate of drug-likeness (QED) is 0.569. The van der Waals surface area contributed by atoms with Gasteiger partial charge in [0.1, 0.15) is 5.75 Å². The zero-order valence-electron chi connectivity index (χ0n) is 17.2. The third-order valence-electron chi connectivity index (χ3n) is 4.83. The summed E-state index contributed by atoms with van der Waals surface area (Å²) >= 11 is 0. The van der Waals surface area contributed by atoms with Crippen molar-refractivity contribution in [1.29, 1.82) is 0 Å². The molecule has 6 nitrogen and oxygen atoms in total. The van der Waals surface area contributed by atoms with Crippen molar-refractivity contribution in [2.45, 2.75) is 46.6 Å². The average molecular weight is 375 g/mol. The van der Waals surface area contributed by atoms with Gasteiger partial charge in [-0.3, -0.25) is 9.79 Å². The van der Waals surface area contributed by atoms with Crippen molar-refractivity contribution >= 4 is 11.9 Å². The molecule has 1 saturated heterocycles. The lowest BCUT2D eigenvalue weighted by molar-refractivity contribution is -0.132. The van der Waals surface area contributed by atoms with Crippen LogP contribution < -0.4 is 15.4 Å². The van der Waals surface area contributed by atoms with Crippen molar-refractivity contribution in [2.24, 2.45) is 10.9 Å². The number of likely N-dealkylation sites (tertiary alicyclic amines) is 1. The molecule has 0 saturated carbocycles. The maximum absolute atomic E-state index is 12.4. The first-order valence-corrected chi connectivity index (χ1v) is 9.98. The lowest BCUT2D eigenvalue weighted by atomic mass is 10.00. The molecule has 0 aliphatic carbocycles. The van der Waals surface area contributed by atoms with E-state index in [1.54, 1.807) is 7.05 Å². The van der Waals surface area contributed by atoms with Crippen LogP contribution in [0.25, 0.3) is 0 Å². The fourth-order valence-electron chi connectivity index (χ4n) is 3.36. The maximum atomic E-state index is 12.4. The number of nitrogens with one attached hydrogen (secondary N) is 2. The first-order valence-electron chi connectivity index (χ1n) is 9.98. The SMILES string of the molecule is CCOc1cc(C)ccc1CNC(=NC)NCCC(=O)N1CCCC(C)C1. The van der Waals surface area contributed by atoms with Gasteiger partial charge in [0.2, 0.25) is 5.91 Å². The summed E-state index contributed by atoms with van der Waals surface area (Å²) in [6.07, 6.45) is 2.83. The molecule has 1 atom stereocenters. The van der Waals surface area contributed by atoms with E-state index in [-0.39, 0.29) is 5.91 Å². The van der Waals surface area contributed by atoms with Gasteiger partial charge in [-0.1, -0.05) is 19.1 Å². The van der Waals surface area contributed by atoms with Crippen LogP contribution in [0, 0.1) is 12.8 Å². The number of benzene rings is 1. The number of piperidine rings is 1. The summed E-state index contributed by atoms with van der Waals surface area (Å²) in [7, 11) is 1.74. The lowest BCUT2D eigenvalue weighted by Gasteiger charge is -2.31. The van der Waals surface area contributed by atoms with Crippen LogP contribution in [0.15, 0.2) is 23.2 Å². The topological polar surface area (TPSA) is 66.0 Å². The predicted molar refractivity (Wildman–Crippen MR) is 110 cm³/mol. The van der Waals surface area contributed by atoms with Gasteiger partial charge in [-0.05, 0) is 44.2 Å². The second kappa shape index (κ2) is 10.8. The Morgan fingerprint density at radius 2 is 2.19 bits per heavy atom. The van der Waals surface area contributed by atoms with Gasteiger partial charge in [-0.15, -0.1) is 0 Å². The van der Waals surface area contributed by atoms with Crippen molar-refractivity contribution in [2.75, 3.05) is 33.3 Å². The van der Waals surface area contributed by atoms with Crippen molar-refractivity contribution in [1.82, 2.24) is 15.5 Å². The van der Waals surface area contributed by atoms with Gasteiger partial charge >= 0.3 is 0 Å². The van der Waals surface area contributed by atoms with Crippen LogP contribution in [-0.4, -0.2) is 50.1 Å². The van der Waals surface area contributed by atoms with E-state index in [0.29, 0.717) is 38.0 Å². The molecular weight excluding hydrogens is 340 g/mol. The molecule has 1 aliphatic rings. The second-order valence-electron chi connectivity index (χ2n) is 7.23. The first-order chi connectivity index (χ1) is 13.0. The molecule has 1 heterocycles. The Bertz CT molecular complexity index is 645. The first kappa shape index (κ1) is 21.1. The highest BCUT2D eigenvalue weighted by Gasteiger charge is 2.20. The monoisotopic (exact) mass is 374 g/mol. The van der Waals surface area contributed by atoms with Crippen LogP contribution >= 0.6 is 0 Å². The summed E-state index contributed by atoms with van der Waals surface area (Å²) in [5.74, 6) is 2.42. The molecular formula is C21H34N4O2. The largest absolute Gasteiger partial charge is 0.494 e. The van der Waals surface area contributed by atoms with E-state index in [2.05, 4.69) is 47.7 Å². The third kappa shape index (κ3) is 6.77. The van der Waals surface area contributed by atoms with Crippen LogP contribution in [0.1, 0.15) is 44.2 Å². The smallest absolute Gasteiger partial charge is 0.224 e. The zero-order chi connectivity index (χ0) is 19.6. The van der Waals surface area contributed by atoms with Crippen LogP contribution in [0.5, 0.6) is 5.75 Å². The molecule has 1 aromatic rings. The average Bonchev–Trinajstić information content (AvgIpc) is 2.66. The zero-order valence-corrected chi connectivity index (χ0v) is 17.2. The van der Waals surface area contributed by atoms with Crippen LogP contribution in [-0.2, 0) is 11.3 Å². The second-order valence-corrected chi connectivity index (χ2v) is 7.23. The minimum Gasteiger partial charge on any atom is -0.494 e. The van der Waals surface area contributed by atoms with Gasteiger partial charge in [-0.25, -0.2) is 0 Å². The van der Waals surface area contributed by atoms with E-state index in [1.807, 2.05) is 11.8 Å². The summed E-state index contributed by atoms with van der Waals surface area (Å²) in [6, 6.07) is 6.20. The van der Waals surface area contributed by atoms with E-state index < -0.39 is 0 Å². The van der Waals surface area contributed by atoms with Gasteiger partial charge in [0.15, 0.2) is 5.96 Å². The molecule has 1 unspecified atom stereocenters. The van der Waals surface area contributed by atoms with Crippen LogP contribution in [0.4, 0.5) is 0 Å². The summed E-state index contributed by atoms with van der Waals surface area (Å²) < 4.78 is 5.72. The Kier molecular flexibility index (Phi) is 8.43. The summed E-state index contributed by atoms with van der Waals surface area (Å²) in [5, 5.41) is 6.53. The number of carbonyl (C=O) groups is 1. The minimum atomic E-state index is 0.224. The van der Waals surface area contributed by atoms with Crippen molar-refractivity contribution in [3.8, 4) is 5.75 Å². The Morgan fingerprint density at radius 3 is 2.89 bits per heavy atom. The standard InChI is InChI=1S/C21H34N4O2/c1-5-27-19-13-16(2)8-9-18(19)14-24-21(22-4)23-11-10-20(26)25-12-6-7-17(3)15-25/h8-9,13,17H,5-7,10-12,14-15H2,1-4H3,(H2,22,23,24). The molecule has 0 aromatic heterocycles. The molecule has 1 aromatic carbocycles. The Labute approximate surface area is 163 Å². The molecule has 2 rings (SSSR count). The summed E-state index contributed by atoms with van der Waals surface area (Å²) in [5.41, 5.74) is 2.26. The van der Waals surface area contributed by atoms with Crippen molar-refractivity contribution in [3.05, 3.63) is 29.3 Å². The molecule has 0 bridgehead atoms. The highest BCUT2D eigenvalue weighted by molar-refractivity contribution is 5.81. The fraction of sp³-hybridized carbons (Fsp3) is 0.619. The Balaban J connectivity index is 1.78. The predicted octanol–water partition coefficient (Wildman–Crippen LogP) is 2.71. The number of hydrogen-bond acceptors (Lipinski definition) is 3. The molecule has 150 valence electrons. The van der Waals surface area contributed by atoms with Gasteiger partial charge in [0.25, 0.3) is 0 Å². The molecule has 2 N–H and O–H groups in total. The van der Waals surface area contributed by atoms with Gasteiger partial charge < -0.3 is 20.3 Å². The normalized spacial score (nSPS) is 17.6.